The Morgan fingerprint density at radius 3 is 3.06 bits per heavy atom. The Morgan fingerprint density at radius 1 is 1.59 bits per heavy atom. The summed E-state index contributed by atoms with van der Waals surface area (Å²) in [5, 5.41) is 0.620. The Balaban J connectivity index is 2.30. The molecule has 2 N–H and O–H groups in total. The number of hydrogen-bond acceptors (Lipinski definition) is 3. The molecule has 5 heteroatoms. The summed E-state index contributed by atoms with van der Waals surface area (Å²) in [6, 6.07) is 5.51. The van der Waals surface area contributed by atoms with Gasteiger partial charge in [0.05, 0.1) is 12.6 Å². The van der Waals surface area contributed by atoms with E-state index in [1.54, 1.807) is 11.0 Å². The van der Waals surface area contributed by atoms with Crippen molar-refractivity contribution >= 4 is 23.2 Å². The van der Waals surface area contributed by atoms with E-state index < -0.39 is 0 Å². The van der Waals surface area contributed by atoms with Gasteiger partial charge in [-0.3, -0.25) is 4.79 Å². The third-order valence-corrected chi connectivity index (χ3v) is 3.09. The number of amides is 1. The van der Waals surface area contributed by atoms with E-state index in [1.165, 1.54) is 0 Å². The zero-order chi connectivity index (χ0) is 12.4. The number of carbonyl (C=O) groups excluding carboxylic acids is 1. The molecule has 1 saturated heterocycles. The van der Waals surface area contributed by atoms with E-state index in [0.29, 0.717) is 18.1 Å². The van der Waals surface area contributed by atoms with Gasteiger partial charge in [0, 0.05) is 17.3 Å². The van der Waals surface area contributed by atoms with Gasteiger partial charge in [0.1, 0.15) is 6.61 Å². The van der Waals surface area contributed by atoms with Crippen molar-refractivity contribution in [2.45, 2.75) is 13.0 Å². The first-order valence-electron chi connectivity index (χ1n) is 5.50. The lowest BCUT2D eigenvalue weighted by Crippen LogP contribution is -2.49. The summed E-state index contributed by atoms with van der Waals surface area (Å²) in [6.45, 7) is 2.92. The first-order valence-corrected chi connectivity index (χ1v) is 5.88. The normalized spacial score (nSPS) is 20.8. The molecule has 0 spiro atoms. The van der Waals surface area contributed by atoms with Gasteiger partial charge in [-0.05, 0) is 24.6 Å². The van der Waals surface area contributed by atoms with E-state index in [4.69, 9.17) is 22.1 Å². The summed E-state index contributed by atoms with van der Waals surface area (Å²) >= 11 is 5.96. The molecule has 1 fully saturated rings. The van der Waals surface area contributed by atoms with Crippen molar-refractivity contribution in [3.05, 3.63) is 28.8 Å². The monoisotopic (exact) mass is 254 g/mol. The van der Waals surface area contributed by atoms with Gasteiger partial charge < -0.3 is 15.4 Å². The molecule has 1 aromatic carbocycles. The summed E-state index contributed by atoms with van der Waals surface area (Å²) < 4.78 is 5.31. The Kier molecular flexibility index (Phi) is 3.66. The Hall–Kier alpha value is -1.10. The van der Waals surface area contributed by atoms with E-state index in [2.05, 4.69) is 0 Å². The lowest BCUT2D eigenvalue weighted by molar-refractivity contribution is -0.128. The molecule has 2 rings (SSSR count). The molecule has 0 bridgehead atoms. The van der Waals surface area contributed by atoms with Crippen LogP contribution in [0.1, 0.15) is 5.56 Å². The van der Waals surface area contributed by atoms with Gasteiger partial charge in [-0.2, -0.15) is 0 Å². The lowest BCUT2D eigenvalue weighted by Gasteiger charge is -2.33. The van der Waals surface area contributed by atoms with Crippen molar-refractivity contribution in [1.29, 1.82) is 0 Å². The SMILES string of the molecule is Cc1ccc(Cl)cc1N1CC(CN)OCC1=O. The molecule has 17 heavy (non-hydrogen) atoms. The van der Waals surface area contributed by atoms with Gasteiger partial charge in [0.2, 0.25) is 0 Å². The standard InChI is InChI=1S/C12H15ClN2O2/c1-8-2-3-9(13)4-11(8)15-6-10(5-14)17-7-12(15)16/h2-4,10H,5-7,14H2,1H3. The second-order valence-electron chi connectivity index (χ2n) is 4.10. The Labute approximate surface area is 105 Å². The van der Waals surface area contributed by atoms with Crippen molar-refractivity contribution in [1.82, 2.24) is 0 Å². The third kappa shape index (κ3) is 2.60. The lowest BCUT2D eigenvalue weighted by atomic mass is 10.1. The molecule has 4 nitrogen and oxygen atoms in total. The van der Waals surface area contributed by atoms with Crippen LogP contribution in [-0.2, 0) is 9.53 Å². The number of ether oxygens (including phenoxy) is 1. The molecule has 1 amide bonds. The quantitative estimate of drug-likeness (QED) is 0.867. The zero-order valence-corrected chi connectivity index (χ0v) is 10.4. The van der Waals surface area contributed by atoms with Gasteiger partial charge >= 0.3 is 0 Å². The van der Waals surface area contributed by atoms with Gasteiger partial charge in [0.25, 0.3) is 5.91 Å². The topological polar surface area (TPSA) is 55.6 Å². The number of hydrogen-bond donors (Lipinski definition) is 1. The molecule has 0 aliphatic carbocycles. The van der Waals surface area contributed by atoms with Crippen LogP contribution in [0, 0.1) is 6.92 Å². The van der Waals surface area contributed by atoms with E-state index >= 15 is 0 Å². The minimum absolute atomic E-state index is 0.0555. The molecule has 1 unspecified atom stereocenters. The molecule has 0 saturated carbocycles. The van der Waals surface area contributed by atoms with E-state index in [0.717, 1.165) is 11.3 Å². The van der Waals surface area contributed by atoms with E-state index in [9.17, 15) is 4.79 Å². The second-order valence-corrected chi connectivity index (χ2v) is 4.54. The highest BCUT2D eigenvalue weighted by atomic mass is 35.5. The Bertz CT molecular complexity index is 437. The first-order chi connectivity index (χ1) is 8.11. The molecular weight excluding hydrogens is 240 g/mol. The van der Waals surface area contributed by atoms with E-state index in [-0.39, 0.29) is 18.6 Å². The smallest absolute Gasteiger partial charge is 0.253 e. The molecule has 92 valence electrons. The van der Waals surface area contributed by atoms with Crippen LogP contribution in [-0.4, -0.2) is 31.7 Å². The summed E-state index contributed by atoms with van der Waals surface area (Å²) in [4.78, 5) is 13.5. The molecule has 1 aliphatic rings. The fourth-order valence-corrected chi connectivity index (χ4v) is 2.04. The third-order valence-electron chi connectivity index (χ3n) is 2.85. The summed E-state index contributed by atoms with van der Waals surface area (Å²) in [6.07, 6.45) is -0.105. The van der Waals surface area contributed by atoms with Crippen LogP contribution >= 0.6 is 11.6 Å². The number of benzene rings is 1. The highest BCUT2D eigenvalue weighted by Gasteiger charge is 2.27. The predicted molar refractivity (Wildman–Crippen MR) is 67.3 cm³/mol. The summed E-state index contributed by atoms with van der Waals surface area (Å²) in [7, 11) is 0. The maximum absolute atomic E-state index is 11.8. The van der Waals surface area contributed by atoms with Gasteiger partial charge in [-0.25, -0.2) is 0 Å². The van der Waals surface area contributed by atoms with Gasteiger partial charge in [0.15, 0.2) is 0 Å². The number of halogens is 1. The number of nitrogens with two attached hydrogens (primary N) is 1. The number of rotatable bonds is 2. The number of aryl methyl sites for hydroxylation is 1. The first kappa shape index (κ1) is 12.4. The predicted octanol–water partition coefficient (Wildman–Crippen LogP) is 1.34. The van der Waals surface area contributed by atoms with E-state index in [1.807, 2.05) is 19.1 Å². The molecule has 1 aliphatic heterocycles. The van der Waals surface area contributed by atoms with Crippen molar-refractivity contribution in [3.63, 3.8) is 0 Å². The molecule has 0 aromatic heterocycles. The average molecular weight is 255 g/mol. The van der Waals surface area contributed by atoms with Crippen molar-refractivity contribution in [2.75, 3.05) is 24.6 Å². The highest BCUT2D eigenvalue weighted by Crippen LogP contribution is 2.26. The van der Waals surface area contributed by atoms with Crippen molar-refractivity contribution < 1.29 is 9.53 Å². The van der Waals surface area contributed by atoms with Crippen LogP contribution < -0.4 is 10.6 Å². The van der Waals surface area contributed by atoms with Crippen LogP contribution in [0.2, 0.25) is 5.02 Å². The maximum Gasteiger partial charge on any atom is 0.253 e. The van der Waals surface area contributed by atoms with Crippen LogP contribution in [0.15, 0.2) is 18.2 Å². The number of carbonyl (C=O) groups is 1. The second kappa shape index (κ2) is 5.04. The van der Waals surface area contributed by atoms with Crippen LogP contribution in [0.5, 0.6) is 0 Å². The molecule has 0 radical (unpaired) electrons. The number of anilines is 1. The van der Waals surface area contributed by atoms with Crippen LogP contribution in [0.4, 0.5) is 5.69 Å². The van der Waals surface area contributed by atoms with Crippen LogP contribution in [0.3, 0.4) is 0 Å². The highest BCUT2D eigenvalue weighted by molar-refractivity contribution is 6.31. The minimum Gasteiger partial charge on any atom is -0.365 e. The Morgan fingerprint density at radius 2 is 2.35 bits per heavy atom. The minimum atomic E-state index is -0.105. The largest absolute Gasteiger partial charge is 0.365 e. The molecule has 1 heterocycles. The summed E-state index contributed by atoms with van der Waals surface area (Å²) in [5.74, 6) is -0.0555. The molecule has 1 atom stereocenters. The number of morpholine rings is 1. The van der Waals surface area contributed by atoms with Crippen molar-refractivity contribution in [2.24, 2.45) is 5.73 Å². The number of nitrogens with zero attached hydrogens (tertiary/aromatic N) is 1. The molecule has 1 aromatic rings. The van der Waals surface area contributed by atoms with Gasteiger partial charge in [-0.1, -0.05) is 17.7 Å². The van der Waals surface area contributed by atoms with Crippen LogP contribution in [0.25, 0.3) is 0 Å². The zero-order valence-electron chi connectivity index (χ0n) is 9.65. The average Bonchev–Trinajstić information content (AvgIpc) is 2.33. The summed E-state index contributed by atoms with van der Waals surface area (Å²) in [5.41, 5.74) is 7.42. The molecular formula is C12H15ClN2O2. The van der Waals surface area contributed by atoms with Gasteiger partial charge in [-0.15, -0.1) is 0 Å². The van der Waals surface area contributed by atoms with Crippen molar-refractivity contribution in [3.8, 4) is 0 Å². The fraction of sp³-hybridized carbons (Fsp3) is 0.417. The maximum atomic E-state index is 11.8. The fourth-order valence-electron chi connectivity index (χ4n) is 1.87.